The Labute approximate surface area is 166 Å². The minimum absolute atomic E-state index is 0.0123. The van der Waals surface area contributed by atoms with Crippen molar-refractivity contribution in [2.45, 2.75) is 12.6 Å². The number of halogens is 5. The molecular formula is C18H13BrClF3N2O2. The summed E-state index contributed by atoms with van der Waals surface area (Å²) in [6.07, 6.45) is -4.64. The smallest absolute Gasteiger partial charge is 0.326 e. The molecule has 0 aromatic heterocycles. The lowest BCUT2D eigenvalue weighted by Crippen LogP contribution is -2.28. The van der Waals surface area contributed by atoms with Crippen LogP contribution in [0, 0.1) is 5.92 Å². The van der Waals surface area contributed by atoms with Crippen LogP contribution in [0.4, 0.5) is 24.5 Å². The van der Waals surface area contributed by atoms with Gasteiger partial charge in [0.25, 0.3) is 0 Å². The van der Waals surface area contributed by atoms with Crippen molar-refractivity contribution in [3.8, 4) is 0 Å². The largest absolute Gasteiger partial charge is 0.417 e. The molecule has 3 rings (SSSR count). The van der Waals surface area contributed by atoms with E-state index in [4.69, 9.17) is 11.6 Å². The fourth-order valence-electron chi connectivity index (χ4n) is 2.82. The van der Waals surface area contributed by atoms with Crippen LogP contribution in [0.3, 0.4) is 0 Å². The van der Waals surface area contributed by atoms with Crippen LogP contribution < -0.4 is 10.2 Å². The Bertz CT molecular complexity index is 887. The van der Waals surface area contributed by atoms with Gasteiger partial charge in [0.05, 0.1) is 16.5 Å². The first-order chi connectivity index (χ1) is 12.6. The van der Waals surface area contributed by atoms with E-state index in [9.17, 15) is 22.8 Å². The SMILES string of the molecule is O=C(Nc1ccc(Cl)c(C(F)(F)F)c1)C1CC(=O)N(c2ccc(Br)cc2)C1. The lowest BCUT2D eigenvalue weighted by Gasteiger charge is -2.17. The molecule has 1 atom stereocenters. The molecule has 2 amide bonds. The fraction of sp³-hybridized carbons (Fsp3) is 0.222. The van der Waals surface area contributed by atoms with Gasteiger partial charge in [-0.3, -0.25) is 9.59 Å². The van der Waals surface area contributed by atoms with Crippen molar-refractivity contribution in [2.75, 3.05) is 16.8 Å². The van der Waals surface area contributed by atoms with Crippen molar-refractivity contribution < 1.29 is 22.8 Å². The average Bonchev–Trinajstić information content (AvgIpc) is 2.98. The van der Waals surface area contributed by atoms with E-state index in [1.54, 1.807) is 24.3 Å². The van der Waals surface area contributed by atoms with Crippen molar-refractivity contribution >= 4 is 50.7 Å². The molecular weight excluding hydrogens is 449 g/mol. The van der Waals surface area contributed by atoms with Gasteiger partial charge >= 0.3 is 6.18 Å². The Morgan fingerprint density at radius 3 is 2.48 bits per heavy atom. The minimum atomic E-state index is -4.63. The number of hydrogen-bond acceptors (Lipinski definition) is 2. The first-order valence-electron chi connectivity index (χ1n) is 7.88. The number of hydrogen-bond donors (Lipinski definition) is 1. The topological polar surface area (TPSA) is 49.4 Å². The van der Waals surface area contributed by atoms with Crippen LogP contribution in [0.1, 0.15) is 12.0 Å². The van der Waals surface area contributed by atoms with Crippen LogP contribution in [0.2, 0.25) is 5.02 Å². The van der Waals surface area contributed by atoms with Crippen molar-refractivity contribution in [3.63, 3.8) is 0 Å². The van der Waals surface area contributed by atoms with Crippen LogP contribution in [-0.2, 0) is 15.8 Å². The maximum atomic E-state index is 12.9. The molecule has 1 aliphatic rings. The molecule has 1 unspecified atom stereocenters. The van der Waals surface area contributed by atoms with Gasteiger partial charge in [-0.25, -0.2) is 0 Å². The number of alkyl halides is 3. The fourth-order valence-corrected chi connectivity index (χ4v) is 3.31. The van der Waals surface area contributed by atoms with Crippen LogP contribution in [0.15, 0.2) is 46.9 Å². The van der Waals surface area contributed by atoms with Crippen molar-refractivity contribution in [3.05, 3.63) is 57.5 Å². The van der Waals surface area contributed by atoms with Gasteiger partial charge in [0.15, 0.2) is 0 Å². The van der Waals surface area contributed by atoms with Gasteiger partial charge in [-0.15, -0.1) is 0 Å². The second kappa shape index (κ2) is 7.52. The number of benzene rings is 2. The predicted octanol–water partition coefficient (Wildman–Crippen LogP) is 5.11. The number of nitrogens with one attached hydrogen (secondary N) is 1. The Morgan fingerprint density at radius 2 is 1.85 bits per heavy atom. The normalized spacial score (nSPS) is 17.3. The third-order valence-corrected chi connectivity index (χ3v) is 5.03. The standard InChI is InChI=1S/C18H13BrClF3N2O2/c19-11-1-4-13(5-2-11)25-9-10(7-16(25)26)17(27)24-12-3-6-15(20)14(8-12)18(21,22)23/h1-6,8,10H,7,9H2,(H,24,27). The Morgan fingerprint density at radius 1 is 1.19 bits per heavy atom. The molecule has 1 aliphatic heterocycles. The molecule has 1 saturated heterocycles. The molecule has 2 aromatic carbocycles. The molecule has 1 fully saturated rings. The molecule has 1 heterocycles. The summed E-state index contributed by atoms with van der Waals surface area (Å²) in [7, 11) is 0. The number of rotatable bonds is 3. The number of amides is 2. The highest BCUT2D eigenvalue weighted by Crippen LogP contribution is 2.36. The van der Waals surface area contributed by atoms with E-state index in [1.807, 2.05) is 0 Å². The van der Waals surface area contributed by atoms with Crippen LogP contribution in [0.25, 0.3) is 0 Å². The average molecular weight is 462 g/mol. The second-order valence-corrected chi connectivity index (χ2v) is 7.39. The number of carbonyl (C=O) groups excluding carboxylic acids is 2. The first kappa shape index (κ1) is 19.7. The first-order valence-corrected chi connectivity index (χ1v) is 9.06. The molecule has 0 aliphatic carbocycles. The summed E-state index contributed by atoms with van der Waals surface area (Å²) in [5, 5.41) is 1.99. The molecule has 2 aromatic rings. The summed E-state index contributed by atoms with van der Waals surface area (Å²) in [6, 6.07) is 10.2. The highest BCUT2D eigenvalue weighted by Gasteiger charge is 2.36. The molecule has 0 saturated carbocycles. The number of nitrogens with zero attached hydrogens (tertiary/aromatic N) is 1. The van der Waals surface area contributed by atoms with E-state index < -0.39 is 28.6 Å². The highest BCUT2D eigenvalue weighted by atomic mass is 79.9. The molecule has 0 bridgehead atoms. The zero-order valence-corrected chi connectivity index (χ0v) is 16.0. The van der Waals surface area contributed by atoms with E-state index in [0.717, 1.165) is 16.6 Å². The zero-order chi connectivity index (χ0) is 19.8. The predicted molar refractivity (Wildman–Crippen MR) is 99.7 cm³/mol. The van der Waals surface area contributed by atoms with Gasteiger partial charge < -0.3 is 10.2 Å². The Kier molecular flexibility index (Phi) is 5.48. The molecule has 9 heteroatoms. The van der Waals surface area contributed by atoms with E-state index in [2.05, 4.69) is 21.2 Å². The van der Waals surface area contributed by atoms with Crippen molar-refractivity contribution in [1.82, 2.24) is 0 Å². The summed E-state index contributed by atoms with van der Waals surface area (Å²) in [6.45, 7) is 0.159. The summed E-state index contributed by atoms with van der Waals surface area (Å²) in [5.41, 5.74) is -0.392. The zero-order valence-electron chi connectivity index (χ0n) is 13.7. The summed E-state index contributed by atoms with van der Waals surface area (Å²) >= 11 is 8.88. The number of anilines is 2. The lowest BCUT2D eigenvalue weighted by molar-refractivity contribution is -0.137. The Balaban J connectivity index is 1.72. The van der Waals surface area contributed by atoms with Gasteiger partial charge in [0.2, 0.25) is 11.8 Å². The highest BCUT2D eigenvalue weighted by molar-refractivity contribution is 9.10. The number of carbonyl (C=O) groups is 2. The third-order valence-electron chi connectivity index (χ3n) is 4.17. The second-order valence-electron chi connectivity index (χ2n) is 6.06. The van der Waals surface area contributed by atoms with Gasteiger partial charge in [-0.1, -0.05) is 27.5 Å². The van der Waals surface area contributed by atoms with Gasteiger partial charge in [0, 0.05) is 28.8 Å². The van der Waals surface area contributed by atoms with E-state index in [1.165, 1.54) is 11.0 Å². The quantitative estimate of drug-likeness (QED) is 0.690. The molecule has 142 valence electrons. The molecule has 0 radical (unpaired) electrons. The summed E-state index contributed by atoms with van der Waals surface area (Å²) in [5.74, 6) is -1.39. The van der Waals surface area contributed by atoms with E-state index in [0.29, 0.717) is 5.69 Å². The van der Waals surface area contributed by atoms with Crippen LogP contribution in [0.5, 0.6) is 0 Å². The monoisotopic (exact) mass is 460 g/mol. The molecule has 1 N–H and O–H groups in total. The molecule has 27 heavy (non-hydrogen) atoms. The lowest BCUT2D eigenvalue weighted by atomic mass is 10.1. The van der Waals surface area contributed by atoms with Gasteiger partial charge in [0.1, 0.15) is 0 Å². The Hall–Kier alpha value is -2.06. The third kappa shape index (κ3) is 4.44. The minimum Gasteiger partial charge on any atom is -0.326 e. The molecule has 4 nitrogen and oxygen atoms in total. The van der Waals surface area contributed by atoms with E-state index >= 15 is 0 Å². The van der Waals surface area contributed by atoms with Gasteiger partial charge in [-0.05, 0) is 42.5 Å². The maximum Gasteiger partial charge on any atom is 0.417 e. The summed E-state index contributed by atoms with van der Waals surface area (Å²) in [4.78, 5) is 26.1. The maximum absolute atomic E-state index is 12.9. The summed E-state index contributed by atoms with van der Waals surface area (Å²) < 4.78 is 39.7. The van der Waals surface area contributed by atoms with Gasteiger partial charge in [-0.2, -0.15) is 13.2 Å². The van der Waals surface area contributed by atoms with Crippen molar-refractivity contribution in [1.29, 1.82) is 0 Å². The van der Waals surface area contributed by atoms with Crippen LogP contribution in [-0.4, -0.2) is 18.4 Å². The van der Waals surface area contributed by atoms with Crippen LogP contribution >= 0.6 is 27.5 Å². The van der Waals surface area contributed by atoms with Crippen molar-refractivity contribution in [2.24, 2.45) is 5.92 Å². The molecule has 0 spiro atoms. The van der Waals surface area contributed by atoms with E-state index in [-0.39, 0.29) is 24.6 Å².